The molecule has 1 aliphatic carbocycles. The van der Waals surface area contributed by atoms with Crippen molar-refractivity contribution in [2.75, 3.05) is 19.7 Å². The van der Waals surface area contributed by atoms with Crippen LogP contribution in [0.3, 0.4) is 0 Å². The molecule has 0 aromatic heterocycles. The third-order valence-electron chi connectivity index (χ3n) is 4.86. The maximum absolute atomic E-state index is 12.4. The maximum atomic E-state index is 12.4. The van der Waals surface area contributed by atoms with Crippen molar-refractivity contribution in [1.82, 2.24) is 4.90 Å². The average Bonchev–Trinajstić information content (AvgIpc) is 2.46. The summed E-state index contributed by atoms with van der Waals surface area (Å²) in [5.74, 6) is 0.859. The Labute approximate surface area is 134 Å². The molecule has 0 radical (unpaired) electrons. The molecule has 2 aliphatic rings. The van der Waals surface area contributed by atoms with E-state index < -0.39 is 12.8 Å². The van der Waals surface area contributed by atoms with E-state index in [0.717, 1.165) is 37.9 Å². The number of aliphatic hydroxyl groups excluding tert-OH is 1. The molecule has 2 bridgehead atoms. The van der Waals surface area contributed by atoms with Gasteiger partial charge in [-0.1, -0.05) is 24.6 Å². The van der Waals surface area contributed by atoms with E-state index in [9.17, 15) is 18.3 Å². The van der Waals surface area contributed by atoms with Crippen LogP contribution in [-0.2, 0) is 6.54 Å². The smallest absolute Gasteiger partial charge is 0.422 e. The molecule has 128 valence electrons. The summed E-state index contributed by atoms with van der Waals surface area (Å²) in [7, 11) is 0. The number of hydrogen-bond donors (Lipinski definition) is 1. The lowest BCUT2D eigenvalue weighted by Gasteiger charge is -2.45. The Kier molecular flexibility index (Phi) is 4.82. The van der Waals surface area contributed by atoms with Crippen LogP contribution in [0.1, 0.15) is 24.8 Å². The molecule has 0 amide bonds. The van der Waals surface area contributed by atoms with Crippen LogP contribution in [0.2, 0.25) is 0 Å². The molecule has 1 aliphatic heterocycles. The molecule has 1 aromatic rings. The third kappa shape index (κ3) is 4.18. The number of rotatable bonds is 4. The van der Waals surface area contributed by atoms with Gasteiger partial charge in [-0.05, 0) is 30.7 Å². The molecule has 3 rings (SSSR count). The van der Waals surface area contributed by atoms with Crippen LogP contribution >= 0.6 is 0 Å². The number of aliphatic hydroxyl groups is 1. The standard InChI is InChI=1S/C17H22F3NO2/c18-17(19,20)11-23-15-7-2-1-4-12(15)8-21-9-13-5-3-6-14(10-21)16(13)22/h1-2,4,7,13-14,16,22H,3,5-6,8-11H2/t13-,14-/m0/s1. The Hall–Kier alpha value is -1.27. The molecule has 1 aromatic carbocycles. The van der Waals surface area contributed by atoms with Gasteiger partial charge in [-0.25, -0.2) is 0 Å². The van der Waals surface area contributed by atoms with Crippen LogP contribution in [-0.4, -0.2) is 42.0 Å². The number of halogens is 3. The summed E-state index contributed by atoms with van der Waals surface area (Å²) in [5.41, 5.74) is 0.770. The van der Waals surface area contributed by atoms with Gasteiger partial charge in [0.25, 0.3) is 0 Å². The zero-order chi connectivity index (χ0) is 16.4. The molecule has 23 heavy (non-hydrogen) atoms. The summed E-state index contributed by atoms with van der Waals surface area (Å²) in [6, 6.07) is 6.90. The summed E-state index contributed by atoms with van der Waals surface area (Å²) in [4.78, 5) is 2.23. The monoisotopic (exact) mass is 329 g/mol. The summed E-state index contributed by atoms with van der Waals surface area (Å²) in [6.45, 7) is 0.887. The molecule has 0 spiro atoms. The predicted molar refractivity (Wildman–Crippen MR) is 80.1 cm³/mol. The molecule has 2 atom stereocenters. The van der Waals surface area contributed by atoms with E-state index in [1.54, 1.807) is 12.1 Å². The number of likely N-dealkylation sites (tertiary alicyclic amines) is 1. The highest BCUT2D eigenvalue weighted by molar-refractivity contribution is 5.33. The highest BCUT2D eigenvalue weighted by Crippen LogP contribution is 2.36. The number of ether oxygens (including phenoxy) is 1. The maximum Gasteiger partial charge on any atom is 0.422 e. The molecule has 1 saturated heterocycles. The Morgan fingerprint density at radius 2 is 1.78 bits per heavy atom. The van der Waals surface area contributed by atoms with Gasteiger partial charge in [-0.3, -0.25) is 4.90 Å². The number of alkyl halides is 3. The van der Waals surface area contributed by atoms with Crippen LogP contribution in [0.25, 0.3) is 0 Å². The molecule has 1 heterocycles. The lowest BCUT2D eigenvalue weighted by molar-refractivity contribution is -0.153. The van der Waals surface area contributed by atoms with E-state index in [-0.39, 0.29) is 17.9 Å². The highest BCUT2D eigenvalue weighted by atomic mass is 19.4. The molecule has 1 N–H and O–H groups in total. The first-order valence-electron chi connectivity index (χ1n) is 8.10. The van der Waals surface area contributed by atoms with E-state index in [4.69, 9.17) is 4.74 Å². The van der Waals surface area contributed by atoms with Gasteiger partial charge in [0.1, 0.15) is 5.75 Å². The van der Waals surface area contributed by atoms with Gasteiger partial charge in [0.05, 0.1) is 6.10 Å². The van der Waals surface area contributed by atoms with Crippen molar-refractivity contribution < 1.29 is 23.0 Å². The molecule has 0 unspecified atom stereocenters. The van der Waals surface area contributed by atoms with Gasteiger partial charge in [0.15, 0.2) is 6.61 Å². The molecular weight excluding hydrogens is 307 g/mol. The van der Waals surface area contributed by atoms with E-state index in [1.165, 1.54) is 0 Å². The number of fused-ring (bicyclic) bond motifs is 2. The molecule has 2 fully saturated rings. The summed E-state index contributed by atoms with van der Waals surface area (Å²) in [6.07, 6.45) is -1.34. The second-order valence-electron chi connectivity index (χ2n) is 6.65. The number of nitrogens with zero attached hydrogens (tertiary/aromatic N) is 1. The van der Waals surface area contributed by atoms with Crippen molar-refractivity contribution in [1.29, 1.82) is 0 Å². The van der Waals surface area contributed by atoms with Crippen LogP contribution in [0, 0.1) is 11.8 Å². The fourth-order valence-electron chi connectivity index (χ4n) is 3.81. The minimum atomic E-state index is -4.33. The highest BCUT2D eigenvalue weighted by Gasteiger charge is 2.38. The zero-order valence-electron chi connectivity index (χ0n) is 12.9. The first kappa shape index (κ1) is 16.6. The van der Waals surface area contributed by atoms with Crippen LogP contribution in [0.4, 0.5) is 13.2 Å². The van der Waals surface area contributed by atoms with Crippen LogP contribution in [0.5, 0.6) is 5.75 Å². The minimum absolute atomic E-state index is 0.225. The van der Waals surface area contributed by atoms with Crippen molar-refractivity contribution in [3.63, 3.8) is 0 Å². The summed E-state index contributed by atoms with van der Waals surface area (Å²) < 4.78 is 42.1. The fourth-order valence-corrected chi connectivity index (χ4v) is 3.81. The first-order chi connectivity index (χ1) is 10.9. The zero-order valence-corrected chi connectivity index (χ0v) is 12.9. The van der Waals surface area contributed by atoms with Crippen LogP contribution in [0.15, 0.2) is 24.3 Å². The normalized spacial score (nSPS) is 28.6. The average molecular weight is 329 g/mol. The van der Waals surface area contributed by atoms with Gasteiger partial charge >= 0.3 is 6.18 Å². The van der Waals surface area contributed by atoms with Gasteiger partial charge in [0.2, 0.25) is 0 Å². The van der Waals surface area contributed by atoms with Gasteiger partial charge in [0, 0.05) is 25.2 Å². The predicted octanol–water partition coefficient (Wildman–Crippen LogP) is 3.22. The van der Waals surface area contributed by atoms with Crippen molar-refractivity contribution in [2.24, 2.45) is 11.8 Å². The van der Waals surface area contributed by atoms with Gasteiger partial charge < -0.3 is 9.84 Å². The van der Waals surface area contributed by atoms with E-state index in [1.807, 2.05) is 12.1 Å². The quantitative estimate of drug-likeness (QED) is 0.921. The summed E-state index contributed by atoms with van der Waals surface area (Å²) >= 11 is 0. The molecule has 6 heteroatoms. The summed E-state index contributed by atoms with van der Waals surface area (Å²) in [5, 5.41) is 10.2. The van der Waals surface area contributed by atoms with Crippen LogP contribution < -0.4 is 4.74 Å². The van der Waals surface area contributed by atoms with Gasteiger partial charge in [-0.15, -0.1) is 0 Å². The topological polar surface area (TPSA) is 32.7 Å². The number of benzene rings is 1. The lowest BCUT2D eigenvalue weighted by Crippen LogP contribution is -2.51. The third-order valence-corrected chi connectivity index (χ3v) is 4.86. The van der Waals surface area contributed by atoms with Gasteiger partial charge in [-0.2, -0.15) is 13.2 Å². The first-order valence-corrected chi connectivity index (χ1v) is 8.10. The lowest BCUT2D eigenvalue weighted by atomic mass is 9.75. The number of piperidine rings is 1. The Morgan fingerprint density at radius 1 is 1.13 bits per heavy atom. The number of para-hydroxylation sites is 1. The minimum Gasteiger partial charge on any atom is -0.484 e. The van der Waals surface area contributed by atoms with E-state index in [2.05, 4.69) is 4.90 Å². The van der Waals surface area contributed by atoms with Crippen molar-refractivity contribution >= 4 is 0 Å². The molecular formula is C17H22F3NO2. The fraction of sp³-hybridized carbons (Fsp3) is 0.647. The van der Waals surface area contributed by atoms with E-state index in [0.29, 0.717) is 12.3 Å². The number of hydrogen-bond acceptors (Lipinski definition) is 3. The largest absolute Gasteiger partial charge is 0.484 e. The Balaban J connectivity index is 1.66. The molecule has 1 saturated carbocycles. The Bertz CT molecular complexity index is 521. The Morgan fingerprint density at radius 3 is 2.43 bits per heavy atom. The second-order valence-corrected chi connectivity index (χ2v) is 6.65. The van der Waals surface area contributed by atoms with E-state index >= 15 is 0 Å². The van der Waals surface area contributed by atoms with Crippen molar-refractivity contribution in [2.45, 2.75) is 38.1 Å². The second kappa shape index (κ2) is 6.69. The molecule has 3 nitrogen and oxygen atoms in total. The van der Waals surface area contributed by atoms with Crippen molar-refractivity contribution in [3.8, 4) is 5.75 Å². The SMILES string of the molecule is OC1[C@H]2CCC[C@H]1CN(Cc1ccccc1OCC(F)(F)F)C2. The van der Waals surface area contributed by atoms with Crippen molar-refractivity contribution in [3.05, 3.63) is 29.8 Å².